The van der Waals surface area contributed by atoms with E-state index >= 15 is 0 Å². The highest BCUT2D eigenvalue weighted by Crippen LogP contribution is 2.28. The molecule has 0 fully saturated rings. The summed E-state index contributed by atoms with van der Waals surface area (Å²) in [5.74, 6) is -2.76. The summed E-state index contributed by atoms with van der Waals surface area (Å²) in [6, 6.07) is 5.65. The number of carboxylic acid groups (broad SMARTS) is 1. The fraction of sp³-hybridized carbons (Fsp3) is 0.686. The quantitative estimate of drug-likeness (QED) is 0.0504. The molecular formula is C35H55F2NO7S. The van der Waals surface area contributed by atoms with Crippen molar-refractivity contribution >= 4 is 29.6 Å². The number of methoxy groups -OCH3 is 1. The highest BCUT2D eigenvalue weighted by Gasteiger charge is 2.49. The number of nitrogens with one attached hydrogen (secondary N) is 1. The van der Waals surface area contributed by atoms with Gasteiger partial charge in [0.15, 0.2) is 5.60 Å². The van der Waals surface area contributed by atoms with Crippen LogP contribution in [0.3, 0.4) is 0 Å². The molecule has 0 bridgehead atoms. The van der Waals surface area contributed by atoms with Gasteiger partial charge in [-0.2, -0.15) is 11.8 Å². The van der Waals surface area contributed by atoms with E-state index in [1.165, 1.54) is 37.9 Å². The van der Waals surface area contributed by atoms with Crippen molar-refractivity contribution in [3.05, 3.63) is 42.0 Å². The van der Waals surface area contributed by atoms with Crippen LogP contribution in [0.5, 0.6) is 5.75 Å². The standard InChI is InChI=1S/C35H55F2NO7S/c1-4-6-8-12-15-23-46-24-16-13-10-9-11-14-17-29(35(43,34(41)42)26-31(36)37)32(39)38-30(33(40)44-3)25-27-18-20-28(21-19-27)45-22-7-5-2/h14,17-21,29-31,43H,4-13,15-16,22-26H2,1-3H3,(H,38,39)(H,41,42)/b17-14+/t29-,30+,35+/m1/s1. The lowest BCUT2D eigenvalue weighted by atomic mass is 9.83. The molecule has 0 spiro atoms. The van der Waals surface area contributed by atoms with Gasteiger partial charge in [0.2, 0.25) is 12.3 Å². The average Bonchev–Trinajstić information content (AvgIpc) is 3.02. The number of benzene rings is 1. The van der Waals surface area contributed by atoms with E-state index in [4.69, 9.17) is 9.47 Å². The molecule has 46 heavy (non-hydrogen) atoms. The number of halogens is 2. The Morgan fingerprint density at radius 1 is 0.935 bits per heavy atom. The predicted molar refractivity (Wildman–Crippen MR) is 180 cm³/mol. The fourth-order valence-electron chi connectivity index (χ4n) is 4.90. The Labute approximate surface area is 278 Å². The van der Waals surface area contributed by atoms with E-state index in [1.54, 1.807) is 30.3 Å². The lowest BCUT2D eigenvalue weighted by molar-refractivity contribution is -0.171. The van der Waals surface area contributed by atoms with Crippen LogP contribution in [-0.4, -0.2) is 71.3 Å². The normalized spacial score (nSPS) is 14.2. The number of allylic oxidation sites excluding steroid dienone is 1. The van der Waals surface area contributed by atoms with Crippen LogP contribution < -0.4 is 10.1 Å². The van der Waals surface area contributed by atoms with E-state index in [1.807, 2.05) is 11.8 Å². The van der Waals surface area contributed by atoms with E-state index in [-0.39, 0.29) is 6.42 Å². The SMILES string of the molecule is CCCCCCCSCCCCCC/C=C/[C@H](C(=O)N[C@@H](Cc1ccc(OCCCC)cc1)C(=O)OC)[C@@](O)(CC(F)F)C(=O)O. The van der Waals surface area contributed by atoms with Crippen molar-refractivity contribution < 1.29 is 42.9 Å². The summed E-state index contributed by atoms with van der Waals surface area (Å²) in [6.07, 6.45) is 10.6. The summed E-state index contributed by atoms with van der Waals surface area (Å²) in [7, 11) is 1.14. The minimum atomic E-state index is -3.19. The van der Waals surface area contributed by atoms with Crippen LogP contribution in [0, 0.1) is 5.92 Å². The van der Waals surface area contributed by atoms with Gasteiger partial charge in [0.05, 0.1) is 19.6 Å². The number of hydrogen-bond donors (Lipinski definition) is 3. The van der Waals surface area contributed by atoms with Gasteiger partial charge >= 0.3 is 11.9 Å². The van der Waals surface area contributed by atoms with E-state index < -0.39 is 48.3 Å². The van der Waals surface area contributed by atoms with Gasteiger partial charge in [0, 0.05) is 12.8 Å². The van der Waals surface area contributed by atoms with Crippen LogP contribution in [0.4, 0.5) is 8.78 Å². The van der Waals surface area contributed by atoms with Gasteiger partial charge in [-0.3, -0.25) is 4.79 Å². The highest BCUT2D eigenvalue weighted by atomic mass is 32.2. The first-order chi connectivity index (χ1) is 22.1. The van der Waals surface area contributed by atoms with E-state index in [9.17, 15) is 33.4 Å². The van der Waals surface area contributed by atoms with Gasteiger partial charge in [-0.1, -0.05) is 83.1 Å². The third kappa shape index (κ3) is 16.8. The Morgan fingerprint density at radius 3 is 2.11 bits per heavy atom. The predicted octanol–water partition coefficient (Wildman–Crippen LogP) is 7.36. The molecule has 0 saturated carbocycles. The maximum Gasteiger partial charge on any atom is 0.337 e. The maximum atomic E-state index is 13.4. The second kappa shape index (κ2) is 24.5. The number of esters is 1. The smallest absolute Gasteiger partial charge is 0.337 e. The summed E-state index contributed by atoms with van der Waals surface area (Å²) in [4.78, 5) is 38.0. The molecular weight excluding hydrogens is 616 g/mol. The summed E-state index contributed by atoms with van der Waals surface area (Å²) in [6.45, 7) is 4.83. The van der Waals surface area contributed by atoms with Crippen molar-refractivity contribution in [1.29, 1.82) is 0 Å². The maximum absolute atomic E-state index is 13.4. The number of carbonyl (C=O) groups is 3. The molecule has 1 aromatic carbocycles. The first-order valence-corrected chi connectivity index (χ1v) is 17.8. The second-order valence-electron chi connectivity index (χ2n) is 11.6. The third-order valence-electron chi connectivity index (χ3n) is 7.70. The molecule has 8 nitrogen and oxygen atoms in total. The van der Waals surface area contributed by atoms with Gasteiger partial charge in [0.1, 0.15) is 11.8 Å². The summed E-state index contributed by atoms with van der Waals surface area (Å²) < 4.78 is 37.3. The van der Waals surface area contributed by atoms with Crippen molar-refractivity contribution in [2.75, 3.05) is 25.2 Å². The number of amides is 1. The number of carbonyl (C=O) groups excluding carboxylic acids is 2. The Kier molecular flexibility index (Phi) is 22.0. The van der Waals surface area contributed by atoms with Crippen molar-refractivity contribution in [2.45, 2.75) is 122 Å². The highest BCUT2D eigenvalue weighted by molar-refractivity contribution is 7.99. The van der Waals surface area contributed by atoms with E-state index in [0.29, 0.717) is 24.3 Å². The van der Waals surface area contributed by atoms with Crippen LogP contribution in [0.1, 0.15) is 103 Å². The molecule has 0 saturated heterocycles. The lowest BCUT2D eigenvalue weighted by Gasteiger charge is -2.30. The largest absolute Gasteiger partial charge is 0.494 e. The molecule has 11 heteroatoms. The molecule has 3 N–H and O–H groups in total. The molecule has 1 rings (SSSR count). The molecule has 262 valence electrons. The molecule has 3 atom stereocenters. The van der Waals surface area contributed by atoms with E-state index in [0.717, 1.165) is 57.5 Å². The Morgan fingerprint density at radius 2 is 1.54 bits per heavy atom. The molecule has 1 amide bonds. The third-order valence-corrected chi connectivity index (χ3v) is 8.85. The van der Waals surface area contributed by atoms with Gasteiger partial charge in [-0.25, -0.2) is 18.4 Å². The topological polar surface area (TPSA) is 122 Å². The zero-order valence-corrected chi connectivity index (χ0v) is 28.6. The summed E-state index contributed by atoms with van der Waals surface area (Å²) >= 11 is 1.97. The first kappa shape index (κ1) is 41.4. The van der Waals surface area contributed by atoms with Crippen LogP contribution in [0.25, 0.3) is 0 Å². The molecule has 0 aliphatic carbocycles. The number of alkyl halides is 2. The van der Waals surface area contributed by atoms with Crippen molar-refractivity contribution in [1.82, 2.24) is 5.32 Å². The number of rotatable bonds is 27. The van der Waals surface area contributed by atoms with Gasteiger partial charge < -0.3 is 25.0 Å². The Hall–Kier alpha value is -2.66. The number of ether oxygens (including phenoxy) is 2. The minimum absolute atomic E-state index is 0.0123. The van der Waals surface area contributed by atoms with Crippen LogP contribution in [0.15, 0.2) is 36.4 Å². The van der Waals surface area contributed by atoms with Gasteiger partial charge in [0.25, 0.3) is 0 Å². The zero-order valence-electron chi connectivity index (χ0n) is 27.8. The van der Waals surface area contributed by atoms with Crippen molar-refractivity contribution in [2.24, 2.45) is 5.92 Å². The summed E-state index contributed by atoms with van der Waals surface area (Å²) in [5, 5.41) is 23.1. The Balaban J connectivity index is 2.84. The first-order valence-electron chi connectivity index (χ1n) is 16.7. The monoisotopic (exact) mass is 671 g/mol. The second-order valence-corrected chi connectivity index (χ2v) is 12.8. The van der Waals surface area contributed by atoms with Gasteiger partial charge in [-0.15, -0.1) is 0 Å². The average molecular weight is 672 g/mol. The molecule has 0 unspecified atom stereocenters. The zero-order chi connectivity index (χ0) is 34.2. The number of aliphatic hydroxyl groups is 1. The fourth-order valence-corrected chi connectivity index (χ4v) is 5.92. The minimum Gasteiger partial charge on any atom is -0.494 e. The van der Waals surface area contributed by atoms with Crippen LogP contribution in [0.2, 0.25) is 0 Å². The van der Waals surface area contributed by atoms with E-state index in [2.05, 4.69) is 19.2 Å². The number of unbranched alkanes of at least 4 members (excludes halogenated alkanes) is 9. The van der Waals surface area contributed by atoms with Crippen LogP contribution >= 0.6 is 11.8 Å². The molecule has 0 aromatic heterocycles. The van der Waals surface area contributed by atoms with Crippen molar-refractivity contribution in [3.63, 3.8) is 0 Å². The number of hydrogen-bond acceptors (Lipinski definition) is 7. The molecule has 1 aromatic rings. The molecule has 0 aliphatic rings. The number of thioether (sulfide) groups is 1. The molecule has 0 radical (unpaired) electrons. The lowest BCUT2D eigenvalue weighted by Crippen LogP contribution is -2.55. The van der Waals surface area contributed by atoms with Gasteiger partial charge in [-0.05, 0) is 61.3 Å². The Bertz CT molecular complexity index is 1020. The van der Waals surface area contributed by atoms with Crippen molar-refractivity contribution in [3.8, 4) is 5.75 Å². The number of aliphatic carboxylic acids is 1. The molecule has 0 heterocycles. The summed E-state index contributed by atoms with van der Waals surface area (Å²) in [5.41, 5.74) is -2.43. The van der Waals surface area contributed by atoms with Crippen LogP contribution in [-0.2, 0) is 25.5 Å². The molecule has 0 aliphatic heterocycles. The number of carboxylic acids is 1.